The van der Waals surface area contributed by atoms with Gasteiger partial charge in [-0.05, 0) is 19.3 Å². The predicted molar refractivity (Wildman–Crippen MR) is 86.9 cm³/mol. The first-order valence-electron chi connectivity index (χ1n) is 7.87. The van der Waals surface area contributed by atoms with Crippen molar-refractivity contribution in [3.8, 4) is 0 Å². The van der Waals surface area contributed by atoms with Crippen LogP contribution in [0, 0.1) is 5.92 Å². The molecule has 0 aliphatic carbocycles. The zero-order valence-corrected chi connectivity index (χ0v) is 13.8. The fraction of sp³-hybridized carbons (Fsp3) is 0.750. The van der Waals surface area contributed by atoms with Crippen LogP contribution in [0.3, 0.4) is 0 Å². The van der Waals surface area contributed by atoms with Gasteiger partial charge in [0, 0.05) is 24.6 Å². The molecule has 1 aromatic heterocycles. The molecule has 21 heavy (non-hydrogen) atoms. The number of nitrogens with one attached hydrogen (secondary N) is 1. The molecule has 118 valence electrons. The lowest BCUT2D eigenvalue weighted by atomic mass is 9.95. The first-order chi connectivity index (χ1) is 9.86. The van der Waals surface area contributed by atoms with E-state index in [1.54, 1.807) is 0 Å². The fourth-order valence-electron chi connectivity index (χ4n) is 2.76. The summed E-state index contributed by atoms with van der Waals surface area (Å²) in [5.41, 5.74) is -0.0970. The Morgan fingerprint density at radius 2 is 2.10 bits per heavy atom. The van der Waals surface area contributed by atoms with Gasteiger partial charge < -0.3 is 15.3 Å². The first-order valence-corrected chi connectivity index (χ1v) is 7.87. The van der Waals surface area contributed by atoms with Crippen LogP contribution in [0.15, 0.2) is 6.07 Å². The molecule has 2 heterocycles. The SMILES string of the molecule is CCNc1cc(N2CCC(C)C2CO)nc(C(C)(C)C)n1. The molecular weight excluding hydrogens is 264 g/mol. The van der Waals surface area contributed by atoms with Gasteiger partial charge in [-0.15, -0.1) is 0 Å². The second-order valence-corrected chi connectivity index (χ2v) is 6.92. The van der Waals surface area contributed by atoms with E-state index in [1.165, 1.54) is 0 Å². The van der Waals surface area contributed by atoms with Gasteiger partial charge in [0.05, 0.1) is 12.6 Å². The number of rotatable bonds is 4. The van der Waals surface area contributed by atoms with Crippen molar-refractivity contribution in [1.29, 1.82) is 0 Å². The molecule has 0 bridgehead atoms. The summed E-state index contributed by atoms with van der Waals surface area (Å²) in [5.74, 6) is 3.12. The average Bonchev–Trinajstić information content (AvgIpc) is 2.79. The highest BCUT2D eigenvalue weighted by molar-refractivity contribution is 5.51. The summed E-state index contributed by atoms with van der Waals surface area (Å²) in [5, 5.41) is 13.0. The second-order valence-electron chi connectivity index (χ2n) is 6.92. The lowest BCUT2D eigenvalue weighted by molar-refractivity contribution is 0.244. The number of hydrogen-bond acceptors (Lipinski definition) is 5. The average molecular weight is 292 g/mol. The van der Waals surface area contributed by atoms with E-state index in [0.717, 1.165) is 37.0 Å². The van der Waals surface area contributed by atoms with Gasteiger partial charge in [0.25, 0.3) is 0 Å². The molecule has 0 aromatic carbocycles. The summed E-state index contributed by atoms with van der Waals surface area (Å²) in [4.78, 5) is 11.6. The van der Waals surface area contributed by atoms with Crippen molar-refractivity contribution >= 4 is 11.6 Å². The molecule has 5 nitrogen and oxygen atoms in total. The number of aliphatic hydroxyl groups is 1. The topological polar surface area (TPSA) is 61.3 Å². The smallest absolute Gasteiger partial charge is 0.138 e. The summed E-state index contributed by atoms with van der Waals surface area (Å²) in [7, 11) is 0. The van der Waals surface area contributed by atoms with Crippen LogP contribution in [0.2, 0.25) is 0 Å². The minimum atomic E-state index is -0.0970. The van der Waals surface area contributed by atoms with Crippen LogP contribution in [-0.4, -0.2) is 40.8 Å². The maximum Gasteiger partial charge on any atom is 0.138 e. The van der Waals surface area contributed by atoms with Gasteiger partial charge in [-0.1, -0.05) is 27.7 Å². The number of aliphatic hydroxyl groups excluding tert-OH is 1. The Morgan fingerprint density at radius 1 is 1.38 bits per heavy atom. The minimum absolute atomic E-state index is 0.0970. The quantitative estimate of drug-likeness (QED) is 0.892. The van der Waals surface area contributed by atoms with E-state index in [1.807, 2.05) is 6.07 Å². The van der Waals surface area contributed by atoms with Gasteiger partial charge >= 0.3 is 0 Å². The van der Waals surface area contributed by atoms with E-state index in [0.29, 0.717) is 5.92 Å². The summed E-state index contributed by atoms with van der Waals surface area (Å²) < 4.78 is 0. The zero-order valence-electron chi connectivity index (χ0n) is 13.8. The van der Waals surface area contributed by atoms with Crippen molar-refractivity contribution in [2.75, 3.05) is 29.9 Å². The van der Waals surface area contributed by atoms with Crippen molar-refractivity contribution in [2.45, 2.75) is 52.5 Å². The van der Waals surface area contributed by atoms with Crippen LogP contribution < -0.4 is 10.2 Å². The summed E-state index contributed by atoms with van der Waals surface area (Å²) in [6, 6.07) is 2.15. The van der Waals surface area contributed by atoms with E-state index >= 15 is 0 Å². The Bertz CT molecular complexity index is 484. The third-order valence-electron chi connectivity index (χ3n) is 4.11. The molecule has 0 radical (unpaired) electrons. The molecule has 1 aromatic rings. The van der Waals surface area contributed by atoms with E-state index in [2.05, 4.69) is 49.8 Å². The second kappa shape index (κ2) is 6.18. The van der Waals surface area contributed by atoms with Crippen LogP contribution in [-0.2, 0) is 5.41 Å². The van der Waals surface area contributed by atoms with Crippen LogP contribution >= 0.6 is 0 Å². The standard InChI is InChI=1S/C16H28N4O/c1-6-17-13-9-14(19-15(18-13)16(3,4)5)20-8-7-11(2)12(20)10-21/h9,11-12,21H,6-8,10H2,1-5H3,(H,17,18,19). The van der Waals surface area contributed by atoms with Crippen LogP contribution in [0.1, 0.15) is 46.9 Å². The van der Waals surface area contributed by atoms with Crippen molar-refractivity contribution in [1.82, 2.24) is 9.97 Å². The molecule has 5 heteroatoms. The molecule has 0 saturated carbocycles. The van der Waals surface area contributed by atoms with Gasteiger partial charge in [-0.25, -0.2) is 9.97 Å². The number of anilines is 2. The van der Waals surface area contributed by atoms with Crippen LogP contribution in [0.4, 0.5) is 11.6 Å². The number of aromatic nitrogens is 2. The van der Waals surface area contributed by atoms with E-state index < -0.39 is 0 Å². The number of hydrogen-bond donors (Lipinski definition) is 2. The van der Waals surface area contributed by atoms with Crippen LogP contribution in [0.5, 0.6) is 0 Å². The Morgan fingerprint density at radius 3 is 2.67 bits per heavy atom. The minimum Gasteiger partial charge on any atom is -0.394 e. The van der Waals surface area contributed by atoms with Gasteiger partial charge in [-0.3, -0.25) is 0 Å². The molecular formula is C16H28N4O. The monoisotopic (exact) mass is 292 g/mol. The molecule has 0 spiro atoms. The lowest BCUT2D eigenvalue weighted by Crippen LogP contribution is -2.36. The van der Waals surface area contributed by atoms with Gasteiger partial charge in [0.15, 0.2) is 0 Å². The molecule has 1 saturated heterocycles. The lowest BCUT2D eigenvalue weighted by Gasteiger charge is -2.28. The zero-order chi connectivity index (χ0) is 15.6. The van der Waals surface area contributed by atoms with Gasteiger partial charge in [0.2, 0.25) is 0 Å². The molecule has 0 amide bonds. The largest absolute Gasteiger partial charge is 0.394 e. The normalized spacial score (nSPS) is 22.7. The maximum absolute atomic E-state index is 9.67. The van der Waals surface area contributed by atoms with Gasteiger partial charge in [-0.2, -0.15) is 0 Å². The third-order valence-corrected chi connectivity index (χ3v) is 4.11. The summed E-state index contributed by atoms with van der Waals surface area (Å²) in [6.45, 7) is 12.6. The predicted octanol–water partition coefficient (Wildman–Crippen LogP) is 2.41. The van der Waals surface area contributed by atoms with E-state index in [9.17, 15) is 5.11 Å². The number of nitrogens with zero attached hydrogens (tertiary/aromatic N) is 3. The molecule has 2 unspecified atom stereocenters. The summed E-state index contributed by atoms with van der Waals surface area (Å²) in [6.07, 6.45) is 1.09. The first kappa shape index (κ1) is 16.0. The molecule has 1 fully saturated rings. The molecule has 2 N–H and O–H groups in total. The fourth-order valence-corrected chi connectivity index (χ4v) is 2.76. The molecule has 2 rings (SSSR count). The highest BCUT2D eigenvalue weighted by atomic mass is 16.3. The summed E-state index contributed by atoms with van der Waals surface area (Å²) >= 11 is 0. The van der Waals surface area contributed by atoms with Crippen molar-refractivity contribution in [3.05, 3.63) is 11.9 Å². The molecule has 2 atom stereocenters. The van der Waals surface area contributed by atoms with Crippen LogP contribution in [0.25, 0.3) is 0 Å². The molecule has 1 aliphatic rings. The van der Waals surface area contributed by atoms with Crippen molar-refractivity contribution in [3.63, 3.8) is 0 Å². The van der Waals surface area contributed by atoms with Crippen molar-refractivity contribution in [2.24, 2.45) is 5.92 Å². The Hall–Kier alpha value is -1.36. The highest BCUT2D eigenvalue weighted by Crippen LogP contribution is 2.31. The van der Waals surface area contributed by atoms with E-state index in [-0.39, 0.29) is 18.1 Å². The van der Waals surface area contributed by atoms with Crippen molar-refractivity contribution < 1.29 is 5.11 Å². The van der Waals surface area contributed by atoms with Gasteiger partial charge in [0.1, 0.15) is 17.5 Å². The molecule has 1 aliphatic heterocycles. The Kier molecular flexibility index (Phi) is 4.71. The Balaban J connectivity index is 2.40. The van der Waals surface area contributed by atoms with E-state index in [4.69, 9.17) is 4.98 Å². The Labute approximate surface area is 127 Å². The maximum atomic E-state index is 9.67. The highest BCUT2D eigenvalue weighted by Gasteiger charge is 2.32. The third kappa shape index (κ3) is 3.46.